The maximum Gasteiger partial charge on any atom is 0.322 e. The average molecular weight is 373 g/mol. The topological polar surface area (TPSA) is 92.3 Å². The van der Waals surface area contributed by atoms with Gasteiger partial charge in [0.15, 0.2) is 17.3 Å². The number of hydrogen-bond acceptors (Lipinski definition) is 6. The molecule has 0 aliphatic carbocycles. The van der Waals surface area contributed by atoms with Gasteiger partial charge in [-0.15, -0.1) is 0 Å². The SMILES string of the molecule is CCOc1ccnc(C[S+]([O-])c2nc3cc4c(cc3[nH]2)OCCO4)c1C. The molecule has 0 saturated heterocycles. The highest BCUT2D eigenvalue weighted by atomic mass is 32.2. The molecule has 1 N–H and O–H groups in total. The van der Waals surface area contributed by atoms with Crippen LogP contribution in [-0.4, -0.2) is 39.3 Å². The van der Waals surface area contributed by atoms with E-state index in [1.165, 1.54) is 0 Å². The van der Waals surface area contributed by atoms with E-state index in [2.05, 4.69) is 15.0 Å². The lowest BCUT2D eigenvalue weighted by Crippen LogP contribution is -2.15. The fourth-order valence-corrected chi connectivity index (χ4v) is 3.94. The molecule has 3 heterocycles. The summed E-state index contributed by atoms with van der Waals surface area (Å²) in [6.45, 7) is 5.46. The molecule has 7 nitrogen and oxygen atoms in total. The van der Waals surface area contributed by atoms with E-state index in [0.717, 1.165) is 22.5 Å². The quantitative estimate of drug-likeness (QED) is 0.692. The maximum atomic E-state index is 12.8. The van der Waals surface area contributed by atoms with Crippen LogP contribution in [0.2, 0.25) is 0 Å². The Hall–Kier alpha value is -2.45. The lowest BCUT2D eigenvalue weighted by molar-refractivity contribution is 0.172. The van der Waals surface area contributed by atoms with E-state index in [-0.39, 0.29) is 5.75 Å². The van der Waals surface area contributed by atoms with Crippen molar-refractivity contribution in [3.05, 3.63) is 35.7 Å². The fraction of sp³-hybridized carbons (Fsp3) is 0.333. The first-order chi connectivity index (χ1) is 12.7. The van der Waals surface area contributed by atoms with E-state index in [4.69, 9.17) is 14.2 Å². The first-order valence-electron chi connectivity index (χ1n) is 8.40. The molecule has 1 aromatic carbocycles. The molecule has 0 spiro atoms. The molecule has 1 aliphatic rings. The van der Waals surface area contributed by atoms with Crippen LogP contribution in [0.5, 0.6) is 17.2 Å². The van der Waals surface area contributed by atoms with Crippen LogP contribution in [-0.2, 0) is 16.9 Å². The Morgan fingerprint density at radius 2 is 2.04 bits per heavy atom. The average Bonchev–Trinajstić information content (AvgIpc) is 3.06. The van der Waals surface area contributed by atoms with Gasteiger partial charge in [0.05, 0.1) is 23.3 Å². The van der Waals surface area contributed by atoms with Gasteiger partial charge in [-0.25, -0.2) is 0 Å². The number of aromatic nitrogens is 3. The van der Waals surface area contributed by atoms with E-state index in [1.807, 2.05) is 26.0 Å². The van der Waals surface area contributed by atoms with Crippen molar-refractivity contribution in [2.24, 2.45) is 0 Å². The minimum absolute atomic E-state index is 0.263. The second kappa shape index (κ2) is 7.05. The molecule has 1 aliphatic heterocycles. The predicted octanol–water partition coefficient (Wildman–Crippen LogP) is 2.74. The number of hydrogen-bond donors (Lipinski definition) is 1. The molecule has 0 amide bonds. The number of nitrogens with one attached hydrogen (secondary N) is 1. The number of pyridine rings is 1. The Bertz CT molecular complexity index is 901. The maximum absolute atomic E-state index is 12.8. The van der Waals surface area contributed by atoms with Gasteiger partial charge in [0.25, 0.3) is 0 Å². The first kappa shape index (κ1) is 17.0. The summed E-state index contributed by atoms with van der Waals surface area (Å²) in [5, 5.41) is 0.408. The molecule has 1 unspecified atom stereocenters. The third kappa shape index (κ3) is 3.17. The number of nitrogens with zero attached hydrogens (tertiary/aromatic N) is 2. The van der Waals surface area contributed by atoms with Crippen molar-refractivity contribution in [3.8, 4) is 17.2 Å². The third-order valence-corrected chi connectivity index (χ3v) is 5.33. The molecule has 1 atom stereocenters. The monoisotopic (exact) mass is 373 g/mol. The normalized spacial score (nSPS) is 14.4. The van der Waals surface area contributed by atoms with Crippen LogP contribution in [0.1, 0.15) is 18.2 Å². The van der Waals surface area contributed by atoms with Crippen molar-refractivity contribution in [2.45, 2.75) is 24.8 Å². The summed E-state index contributed by atoms with van der Waals surface area (Å²) >= 11 is -1.36. The van der Waals surface area contributed by atoms with Gasteiger partial charge < -0.3 is 18.8 Å². The van der Waals surface area contributed by atoms with E-state index in [1.54, 1.807) is 12.3 Å². The molecule has 136 valence electrons. The van der Waals surface area contributed by atoms with Gasteiger partial charge in [-0.1, -0.05) is 0 Å². The Morgan fingerprint density at radius 3 is 2.81 bits per heavy atom. The molecule has 0 radical (unpaired) electrons. The lowest BCUT2D eigenvalue weighted by atomic mass is 10.2. The standard InChI is InChI=1S/C18H19N3O4S/c1-3-23-15-4-5-19-14(11(15)2)10-26(22)18-20-12-8-16-17(9-13(12)21-18)25-7-6-24-16/h4-5,8-9H,3,6-7,10H2,1-2H3,(H,20,21). The zero-order valence-electron chi connectivity index (χ0n) is 14.6. The number of imidazole rings is 1. The molecule has 0 bridgehead atoms. The van der Waals surface area contributed by atoms with Crippen LogP contribution in [0.3, 0.4) is 0 Å². The highest BCUT2D eigenvalue weighted by Gasteiger charge is 2.22. The molecule has 8 heteroatoms. The Balaban J connectivity index is 1.60. The van der Waals surface area contributed by atoms with Crippen LogP contribution in [0.25, 0.3) is 11.0 Å². The molecular formula is C18H19N3O4S. The largest absolute Gasteiger partial charge is 0.609 e. The Morgan fingerprint density at radius 1 is 1.27 bits per heavy atom. The Kier molecular flexibility index (Phi) is 4.60. The summed E-state index contributed by atoms with van der Waals surface area (Å²) in [4.78, 5) is 11.9. The minimum atomic E-state index is -1.36. The van der Waals surface area contributed by atoms with Gasteiger partial charge in [-0.2, -0.15) is 4.98 Å². The van der Waals surface area contributed by atoms with Crippen LogP contribution in [0.15, 0.2) is 29.6 Å². The van der Waals surface area contributed by atoms with E-state index < -0.39 is 11.2 Å². The van der Waals surface area contributed by atoms with Crippen molar-refractivity contribution < 1.29 is 18.8 Å². The van der Waals surface area contributed by atoms with Crippen LogP contribution < -0.4 is 14.2 Å². The first-order valence-corrected chi connectivity index (χ1v) is 9.72. The molecular weight excluding hydrogens is 354 g/mol. The summed E-state index contributed by atoms with van der Waals surface area (Å²) in [6, 6.07) is 5.45. The second-order valence-electron chi connectivity index (χ2n) is 5.86. The van der Waals surface area contributed by atoms with Gasteiger partial charge in [0.2, 0.25) is 0 Å². The predicted molar refractivity (Wildman–Crippen MR) is 97.3 cm³/mol. The van der Waals surface area contributed by atoms with E-state index >= 15 is 0 Å². The minimum Gasteiger partial charge on any atom is -0.609 e. The highest BCUT2D eigenvalue weighted by Crippen LogP contribution is 2.34. The summed E-state index contributed by atoms with van der Waals surface area (Å²) < 4.78 is 29.5. The van der Waals surface area contributed by atoms with Gasteiger partial charge >= 0.3 is 5.16 Å². The van der Waals surface area contributed by atoms with E-state index in [0.29, 0.717) is 42.0 Å². The number of benzene rings is 1. The second-order valence-corrected chi connectivity index (χ2v) is 7.23. The van der Waals surface area contributed by atoms with Gasteiger partial charge in [0.1, 0.15) is 19.0 Å². The third-order valence-electron chi connectivity index (χ3n) is 4.17. The van der Waals surface area contributed by atoms with Gasteiger partial charge in [0, 0.05) is 35.1 Å². The number of rotatable bonds is 5. The molecule has 2 aromatic heterocycles. The van der Waals surface area contributed by atoms with Gasteiger partial charge in [-0.05, 0) is 19.9 Å². The fourth-order valence-electron chi connectivity index (χ4n) is 2.84. The van der Waals surface area contributed by atoms with Crippen LogP contribution >= 0.6 is 0 Å². The zero-order chi connectivity index (χ0) is 18.1. The number of fused-ring (bicyclic) bond motifs is 2. The van der Waals surface area contributed by atoms with Crippen LogP contribution in [0.4, 0.5) is 0 Å². The van der Waals surface area contributed by atoms with Crippen molar-refractivity contribution in [1.29, 1.82) is 0 Å². The Labute approximate surface area is 153 Å². The van der Waals surface area contributed by atoms with Crippen molar-refractivity contribution >= 4 is 22.2 Å². The zero-order valence-corrected chi connectivity index (χ0v) is 15.4. The molecule has 3 aromatic rings. The van der Waals surface area contributed by atoms with Crippen LogP contribution in [0, 0.1) is 6.92 Å². The summed E-state index contributed by atoms with van der Waals surface area (Å²) in [6.07, 6.45) is 1.67. The van der Waals surface area contributed by atoms with Crippen molar-refractivity contribution in [3.63, 3.8) is 0 Å². The molecule has 0 saturated carbocycles. The number of aromatic amines is 1. The smallest absolute Gasteiger partial charge is 0.322 e. The summed E-state index contributed by atoms with van der Waals surface area (Å²) in [5.41, 5.74) is 3.10. The van der Waals surface area contributed by atoms with Crippen molar-refractivity contribution in [2.75, 3.05) is 19.8 Å². The molecule has 0 fully saturated rings. The summed E-state index contributed by atoms with van der Waals surface area (Å²) in [7, 11) is 0. The van der Waals surface area contributed by atoms with Gasteiger partial charge in [-0.3, -0.25) is 9.97 Å². The number of ether oxygens (including phenoxy) is 3. The number of H-pyrrole nitrogens is 1. The highest BCUT2D eigenvalue weighted by molar-refractivity contribution is 7.90. The van der Waals surface area contributed by atoms with E-state index in [9.17, 15) is 4.55 Å². The van der Waals surface area contributed by atoms with Crippen molar-refractivity contribution in [1.82, 2.24) is 15.0 Å². The molecule has 26 heavy (non-hydrogen) atoms. The lowest BCUT2D eigenvalue weighted by Gasteiger charge is -2.17. The summed E-state index contributed by atoms with van der Waals surface area (Å²) in [5.74, 6) is 2.36. The molecule has 4 rings (SSSR count).